The molecule has 1 aliphatic rings. The molecule has 0 aromatic heterocycles. The van der Waals surface area contributed by atoms with Crippen molar-refractivity contribution in [1.82, 2.24) is 5.32 Å². The number of amides is 2. The van der Waals surface area contributed by atoms with E-state index in [1.165, 1.54) is 0 Å². The van der Waals surface area contributed by atoms with Gasteiger partial charge < -0.3 is 10.6 Å². The Kier molecular flexibility index (Phi) is 5.61. The first-order chi connectivity index (χ1) is 12.0. The molecule has 6 heteroatoms. The summed E-state index contributed by atoms with van der Waals surface area (Å²) in [6, 6.07) is 11.7. The fraction of sp³-hybridized carbons (Fsp3) is 0.263. The first kappa shape index (κ1) is 17.8. The van der Waals surface area contributed by atoms with Crippen LogP contribution in [0.5, 0.6) is 0 Å². The molecule has 2 N–H and O–H groups in total. The summed E-state index contributed by atoms with van der Waals surface area (Å²) in [5.74, 6) is -0.397. The van der Waals surface area contributed by atoms with Gasteiger partial charge in [-0.15, -0.1) is 0 Å². The molecule has 0 spiro atoms. The van der Waals surface area contributed by atoms with Gasteiger partial charge in [-0.05, 0) is 55.3 Å². The molecule has 25 heavy (non-hydrogen) atoms. The predicted octanol–water partition coefficient (Wildman–Crippen LogP) is 4.92. The van der Waals surface area contributed by atoms with Crippen LogP contribution in [0.4, 0.5) is 5.69 Å². The topological polar surface area (TPSA) is 58.2 Å². The van der Waals surface area contributed by atoms with Crippen LogP contribution < -0.4 is 10.6 Å². The minimum absolute atomic E-state index is 0.0976. The lowest BCUT2D eigenvalue weighted by Gasteiger charge is -2.12. The SMILES string of the molecule is O=C(Nc1ccc(Cl)cc1Cl)c1ccc(C(=O)NC2CCCC2)cc1. The third kappa shape index (κ3) is 4.53. The third-order valence-corrected chi connectivity index (χ3v) is 4.83. The Morgan fingerprint density at radius 3 is 2.08 bits per heavy atom. The summed E-state index contributed by atoms with van der Waals surface area (Å²) in [5.41, 5.74) is 1.48. The second-order valence-corrected chi connectivity index (χ2v) is 6.95. The van der Waals surface area contributed by atoms with Crippen molar-refractivity contribution in [2.75, 3.05) is 5.32 Å². The molecular formula is C19H18Cl2N2O2. The first-order valence-corrected chi connectivity index (χ1v) is 8.96. The summed E-state index contributed by atoms with van der Waals surface area (Å²) in [5, 5.41) is 6.63. The minimum atomic E-state index is -0.299. The molecule has 2 aromatic rings. The van der Waals surface area contributed by atoms with Crippen molar-refractivity contribution in [1.29, 1.82) is 0 Å². The lowest BCUT2D eigenvalue weighted by molar-refractivity contribution is 0.0936. The molecule has 0 aliphatic heterocycles. The number of carbonyl (C=O) groups is 2. The van der Waals surface area contributed by atoms with E-state index < -0.39 is 0 Å². The molecule has 3 rings (SSSR count). The number of hydrogen-bond acceptors (Lipinski definition) is 2. The lowest BCUT2D eigenvalue weighted by Crippen LogP contribution is -2.32. The molecular weight excluding hydrogens is 359 g/mol. The summed E-state index contributed by atoms with van der Waals surface area (Å²) in [6.45, 7) is 0. The van der Waals surface area contributed by atoms with Crippen LogP contribution in [-0.4, -0.2) is 17.9 Å². The third-order valence-electron chi connectivity index (χ3n) is 4.28. The van der Waals surface area contributed by atoms with E-state index in [1.54, 1.807) is 42.5 Å². The van der Waals surface area contributed by atoms with Crippen LogP contribution in [0, 0.1) is 0 Å². The molecule has 1 saturated carbocycles. The normalized spacial score (nSPS) is 14.3. The Labute approximate surface area is 156 Å². The molecule has 0 radical (unpaired) electrons. The van der Waals surface area contributed by atoms with Crippen LogP contribution in [0.1, 0.15) is 46.4 Å². The molecule has 4 nitrogen and oxygen atoms in total. The number of benzene rings is 2. The molecule has 1 fully saturated rings. The van der Waals surface area contributed by atoms with Crippen LogP contribution >= 0.6 is 23.2 Å². The Hall–Kier alpha value is -2.04. The number of nitrogens with one attached hydrogen (secondary N) is 2. The van der Waals surface area contributed by atoms with E-state index in [-0.39, 0.29) is 17.9 Å². The van der Waals surface area contributed by atoms with Crippen molar-refractivity contribution in [2.24, 2.45) is 0 Å². The van der Waals surface area contributed by atoms with Gasteiger partial charge in [-0.25, -0.2) is 0 Å². The second kappa shape index (κ2) is 7.89. The highest BCUT2D eigenvalue weighted by molar-refractivity contribution is 6.36. The van der Waals surface area contributed by atoms with Gasteiger partial charge in [-0.1, -0.05) is 36.0 Å². The highest BCUT2D eigenvalue weighted by Crippen LogP contribution is 2.26. The molecule has 0 bridgehead atoms. The van der Waals surface area contributed by atoms with Crippen LogP contribution in [0.3, 0.4) is 0 Å². The Bertz CT molecular complexity index is 785. The Balaban J connectivity index is 1.64. The smallest absolute Gasteiger partial charge is 0.255 e. The van der Waals surface area contributed by atoms with Crippen LogP contribution in [0.25, 0.3) is 0 Å². The zero-order chi connectivity index (χ0) is 17.8. The summed E-state index contributed by atoms with van der Waals surface area (Å²) in [4.78, 5) is 24.5. The fourth-order valence-electron chi connectivity index (χ4n) is 2.90. The average molecular weight is 377 g/mol. The minimum Gasteiger partial charge on any atom is -0.349 e. The van der Waals surface area contributed by atoms with Gasteiger partial charge in [0.15, 0.2) is 0 Å². The first-order valence-electron chi connectivity index (χ1n) is 8.20. The maximum atomic E-state index is 12.3. The summed E-state index contributed by atoms with van der Waals surface area (Å²) >= 11 is 11.9. The number of anilines is 1. The van der Waals surface area contributed by atoms with E-state index in [0.29, 0.717) is 26.9 Å². The summed E-state index contributed by atoms with van der Waals surface area (Å²) in [7, 11) is 0. The zero-order valence-corrected chi connectivity index (χ0v) is 15.0. The van der Waals surface area contributed by atoms with Gasteiger partial charge in [-0.2, -0.15) is 0 Å². The highest BCUT2D eigenvalue weighted by Gasteiger charge is 2.18. The second-order valence-electron chi connectivity index (χ2n) is 6.11. The molecule has 0 atom stereocenters. The number of halogens is 2. The van der Waals surface area contributed by atoms with Gasteiger partial charge in [0, 0.05) is 22.2 Å². The van der Waals surface area contributed by atoms with Crippen molar-refractivity contribution < 1.29 is 9.59 Å². The lowest BCUT2D eigenvalue weighted by atomic mass is 10.1. The van der Waals surface area contributed by atoms with E-state index in [0.717, 1.165) is 25.7 Å². The van der Waals surface area contributed by atoms with E-state index >= 15 is 0 Å². The highest BCUT2D eigenvalue weighted by atomic mass is 35.5. The quantitative estimate of drug-likeness (QED) is 0.795. The van der Waals surface area contributed by atoms with Gasteiger partial charge in [0.2, 0.25) is 0 Å². The molecule has 1 aliphatic carbocycles. The van der Waals surface area contributed by atoms with E-state index in [9.17, 15) is 9.59 Å². The number of rotatable bonds is 4. The molecule has 0 saturated heterocycles. The van der Waals surface area contributed by atoms with Crippen molar-refractivity contribution in [3.8, 4) is 0 Å². The van der Waals surface area contributed by atoms with Crippen LogP contribution in [-0.2, 0) is 0 Å². The summed E-state index contributed by atoms with van der Waals surface area (Å²) in [6.07, 6.45) is 4.40. The Morgan fingerprint density at radius 2 is 1.48 bits per heavy atom. The van der Waals surface area contributed by atoms with Gasteiger partial charge >= 0.3 is 0 Å². The van der Waals surface area contributed by atoms with Crippen molar-refractivity contribution in [2.45, 2.75) is 31.7 Å². The predicted molar refractivity (Wildman–Crippen MR) is 101 cm³/mol. The van der Waals surface area contributed by atoms with E-state index in [1.807, 2.05) is 0 Å². The zero-order valence-electron chi connectivity index (χ0n) is 13.5. The molecule has 2 amide bonds. The van der Waals surface area contributed by atoms with Crippen molar-refractivity contribution in [3.05, 3.63) is 63.6 Å². The molecule has 130 valence electrons. The maximum Gasteiger partial charge on any atom is 0.255 e. The van der Waals surface area contributed by atoms with Crippen LogP contribution in [0.2, 0.25) is 10.0 Å². The molecule has 0 unspecified atom stereocenters. The molecule has 2 aromatic carbocycles. The number of carbonyl (C=O) groups excluding carboxylic acids is 2. The van der Waals surface area contributed by atoms with E-state index in [4.69, 9.17) is 23.2 Å². The van der Waals surface area contributed by atoms with Gasteiger partial charge in [-0.3, -0.25) is 9.59 Å². The standard InChI is InChI=1S/C19H18Cl2N2O2/c20-14-9-10-17(16(21)11-14)23-19(25)13-7-5-12(6-8-13)18(24)22-15-3-1-2-4-15/h5-11,15H,1-4H2,(H,22,24)(H,23,25). The van der Waals surface area contributed by atoms with Gasteiger partial charge in [0.25, 0.3) is 11.8 Å². The van der Waals surface area contributed by atoms with E-state index in [2.05, 4.69) is 10.6 Å². The van der Waals surface area contributed by atoms with Gasteiger partial charge in [0.1, 0.15) is 0 Å². The Morgan fingerprint density at radius 1 is 0.880 bits per heavy atom. The fourth-order valence-corrected chi connectivity index (χ4v) is 3.35. The van der Waals surface area contributed by atoms with Gasteiger partial charge in [0.05, 0.1) is 10.7 Å². The molecule has 0 heterocycles. The monoisotopic (exact) mass is 376 g/mol. The van der Waals surface area contributed by atoms with Crippen LogP contribution in [0.15, 0.2) is 42.5 Å². The maximum absolute atomic E-state index is 12.3. The van der Waals surface area contributed by atoms with Crippen molar-refractivity contribution >= 4 is 40.7 Å². The number of hydrogen-bond donors (Lipinski definition) is 2. The van der Waals surface area contributed by atoms with Crippen molar-refractivity contribution in [3.63, 3.8) is 0 Å². The largest absolute Gasteiger partial charge is 0.349 e. The summed E-state index contributed by atoms with van der Waals surface area (Å²) < 4.78 is 0. The average Bonchev–Trinajstić information content (AvgIpc) is 3.10.